The molecule has 0 aliphatic rings. The average molecular weight is 305 g/mol. The second kappa shape index (κ2) is 8.89. The molecule has 0 bridgehead atoms. The predicted molar refractivity (Wildman–Crippen MR) is 88.6 cm³/mol. The fourth-order valence-corrected chi connectivity index (χ4v) is 2.73. The maximum atomic E-state index is 5.06. The first kappa shape index (κ1) is 16.1. The first-order valence-corrected chi connectivity index (χ1v) is 8.05. The predicted octanol–water partition coefficient (Wildman–Crippen LogP) is 2.48. The van der Waals surface area contributed by atoms with Crippen LogP contribution in [0.3, 0.4) is 0 Å². The van der Waals surface area contributed by atoms with Gasteiger partial charge >= 0.3 is 0 Å². The van der Waals surface area contributed by atoms with Crippen molar-refractivity contribution in [3.05, 3.63) is 40.7 Å². The fourth-order valence-electron chi connectivity index (χ4n) is 1.96. The molecule has 21 heavy (non-hydrogen) atoms. The molecule has 0 amide bonds. The van der Waals surface area contributed by atoms with Crippen LogP contribution in [0.5, 0.6) is 0 Å². The highest BCUT2D eigenvalue weighted by molar-refractivity contribution is 7.09. The van der Waals surface area contributed by atoms with Crippen molar-refractivity contribution < 1.29 is 4.74 Å². The molecule has 0 aliphatic carbocycles. The number of methoxy groups -OCH3 is 1. The number of aromatic nitrogens is 1. The van der Waals surface area contributed by atoms with Crippen LogP contribution in [0.1, 0.15) is 5.01 Å². The van der Waals surface area contributed by atoms with Crippen molar-refractivity contribution in [1.82, 2.24) is 15.2 Å². The molecule has 0 saturated carbocycles. The van der Waals surface area contributed by atoms with Gasteiger partial charge in [-0.05, 0) is 7.05 Å². The lowest BCUT2D eigenvalue weighted by molar-refractivity contribution is 0.161. The first-order valence-electron chi connectivity index (χ1n) is 7.17. The molecule has 2 rings (SSSR count). The van der Waals surface area contributed by atoms with E-state index in [9.17, 15) is 0 Å². The van der Waals surface area contributed by atoms with Crippen LogP contribution < -0.4 is 5.32 Å². The van der Waals surface area contributed by atoms with Crippen molar-refractivity contribution >= 4 is 11.3 Å². The lowest BCUT2D eigenvalue weighted by atomic mass is 10.2. The number of hydrogen-bond acceptors (Lipinski definition) is 5. The highest BCUT2D eigenvalue weighted by Crippen LogP contribution is 2.21. The van der Waals surface area contributed by atoms with Crippen molar-refractivity contribution in [2.24, 2.45) is 0 Å². The Hall–Kier alpha value is -1.27. The van der Waals surface area contributed by atoms with Crippen LogP contribution in [0.4, 0.5) is 0 Å². The minimum atomic E-state index is 0.781. The van der Waals surface area contributed by atoms with Crippen LogP contribution in [-0.4, -0.2) is 50.3 Å². The summed E-state index contributed by atoms with van der Waals surface area (Å²) in [7, 11) is 3.84. The van der Waals surface area contributed by atoms with E-state index in [1.165, 1.54) is 5.56 Å². The molecule has 0 spiro atoms. The molecular formula is C16H23N3OS. The van der Waals surface area contributed by atoms with Gasteiger partial charge in [0.05, 0.1) is 12.3 Å². The van der Waals surface area contributed by atoms with E-state index in [0.29, 0.717) is 0 Å². The van der Waals surface area contributed by atoms with Crippen molar-refractivity contribution in [2.75, 3.05) is 40.4 Å². The summed E-state index contributed by atoms with van der Waals surface area (Å²) in [4.78, 5) is 6.93. The van der Waals surface area contributed by atoms with Crippen molar-refractivity contribution in [3.8, 4) is 11.3 Å². The molecule has 0 aliphatic heterocycles. The van der Waals surface area contributed by atoms with Gasteiger partial charge in [0.15, 0.2) is 0 Å². The summed E-state index contributed by atoms with van der Waals surface area (Å²) >= 11 is 1.71. The zero-order chi connectivity index (χ0) is 14.9. The summed E-state index contributed by atoms with van der Waals surface area (Å²) in [5, 5.41) is 6.69. The zero-order valence-electron chi connectivity index (χ0n) is 12.7. The van der Waals surface area contributed by atoms with E-state index in [4.69, 9.17) is 4.74 Å². The molecule has 0 unspecified atom stereocenters. The molecule has 5 heteroatoms. The molecule has 2 aromatic rings. The Morgan fingerprint density at radius 2 is 2.05 bits per heavy atom. The van der Waals surface area contributed by atoms with E-state index < -0.39 is 0 Å². The van der Waals surface area contributed by atoms with Gasteiger partial charge in [0.25, 0.3) is 0 Å². The minimum absolute atomic E-state index is 0.781. The number of nitrogens with one attached hydrogen (secondary N) is 1. The maximum absolute atomic E-state index is 5.06. The molecule has 114 valence electrons. The summed E-state index contributed by atoms with van der Waals surface area (Å²) in [5.41, 5.74) is 2.24. The topological polar surface area (TPSA) is 37.4 Å². The third-order valence-corrected chi connectivity index (χ3v) is 4.09. The number of likely N-dealkylation sites (N-methyl/N-ethyl adjacent to an activating group) is 1. The summed E-state index contributed by atoms with van der Waals surface area (Å²) in [6.07, 6.45) is 0. The second-order valence-electron chi connectivity index (χ2n) is 4.97. The Morgan fingerprint density at radius 3 is 2.81 bits per heavy atom. The summed E-state index contributed by atoms with van der Waals surface area (Å²) in [6.45, 7) is 4.55. The van der Waals surface area contributed by atoms with Crippen LogP contribution in [0.2, 0.25) is 0 Å². The van der Waals surface area contributed by atoms with Gasteiger partial charge < -0.3 is 15.0 Å². The van der Waals surface area contributed by atoms with Crippen LogP contribution in [-0.2, 0) is 11.3 Å². The molecule has 1 aromatic carbocycles. The molecule has 1 heterocycles. The number of hydrogen-bond donors (Lipinski definition) is 1. The number of rotatable bonds is 9. The number of benzene rings is 1. The number of nitrogens with zero attached hydrogens (tertiary/aromatic N) is 2. The van der Waals surface area contributed by atoms with Gasteiger partial charge in [-0.2, -0.15) is 0 Å². The first-order chi connectivity index (χ1) is 10.3. The normalized spacial score (nSPS) is 11.2. The summed E-state index contributed by atoms with van der Waals surface area (Å²) in [5.74, 6) is 0. The van der Waals surface area contributed by atoms with E-state index in [-0.39, 0.29) is 0 Å². The lowest BCUT2D eigenvalue weighted by Crippen LogP contribution is -2.31. The molecule has 1 N–H and O–H groups in total. The van der Waals surface area contributed by atoms with Crippen LogP contribution in [0.15, 0.2) is 35.7 Å². The average Bonchev–Trinajstić information content (AvgIpc) is 2.99. The SMILES string of the molecule is COCCN(C)CCNCc1nc(-c2ccccc2)cs1. The van der Waals surface area contributed by atoms with Crippen molar-refractivity contribution in [3.63, 3.8) is 0 Å². The lowest BCUT2D eigenvalue weighted by Gasteiger charge is -2.15. The second-order valence-corrected chi connectivity index (χ2v) is 5.91. The Balaban J connectivity index is 1.71. The summed E-state index contributed by atoms with van der Waals surface area (Å²) < 4.78 is 5.06. The molecular weight excluding hydrogens is 282 g/mol. The standard InChI is InChI=1S/C16H23N3OS/c1-19(10-11-20-2)9-8-17-12-16-18-15(13-21-16)14-6-4-3-5-7-14/h3-7,13,17H,8-12H2,1-2H3. The van der Waals surface area contributed by atoms with Crippen LogP contribution >= 0.6 is 11.3 Å². The molecule has 0 atom stereocenters. The number of thiazole rings is 1. The Kier molecular flexibility index (Phi) is 6.82. The summed E-state index contributed by atoms with van der Waals surface area (Å²) in [6, 6.07) is 10.3. The third kappa shape index (κ3) is 5.55. The zero-order valence-corrected chi connectivity index (χ0v) is 13.5. The smallest absolute Gasteiger partial charge is 0.107 e. The van der Waals surface area contributed by atoms with Gasteiger partial charge in [0.1, 0.15) is 5.01 Å². The molecule has 0 radical (unpaired) electrons. The van der Waals surface area contributed by atoms with E-state index in [1.807, 2.05) is 18.2 Å². The van der Waals surface area contributed by atoms with Gasteiger partial charge in [0.2, 0.25) is 0 Å². The van der Waals surface area contributed by atoms with Crippen LogP contribution in [0, 0.1) is 0 Å². The van der Waals surface area contributed by atoms with E-state index in [1.54, 1.807) is 18.4 Å². The van der Waals surface area contributed by atoms with Crippen LogP contribution in [0.25, 0.3) is 11.3 Å². The Morgan fingerprint density at radius 1 is 1.24 bits per heavy atom. The van der Waals surface area contributed by atoms with Gasteiger partial charge in [-0.3, -0.25) is 0 Å². The molecule has 4 nitrogen and oxygen atoms in total. The van der Waals surface area contributed by atoms with Gasteiger partial charge in [-0.25, -0.2) is 4.98 Å². The monoisotopic (exact) mass is 305 g/mol. The fraction of sp³-hybridized carbons (Fsp3) is 0.438. The van der Waals surface area contributed by atoms with Gasteiger partial charge in [-0.15, -0.1) is 11.3 Å². The van der Waals surface area contributed by atoms with Crippen molar-refractivity contribution in [1.29, 1.82) is 0 Å². The Labute approximate surface area is 130 Å². The molecule has 0 saturated heterocycles. The third-order valence-electron chi connectivity index (χ3n) is 3.24. The highest BCUT2D eigenvalue weighted by atomic mass is 32.1. The maximum Gasteiger partial charge on any atom is 0.107 e. The van der Waals surface area contributed by atoms with Gasteiger partial charge in [-0.1, -0.05) is 30.3 Å². The quantitative estimate of drug-likeness (QED) is 0.722. The van der Waals surface area contributed by atoms with E-state index >= 15 is 0 Å². The van der Waals surface area contributed by atoms with Crippen molar-refractivity contribution in [2.45, 2.75) is 6.54 Å². The van der Waals surface area contributed by atoms with E-state index in [2.05, 4.69) is 39.8 Å². The van der Waals surface area contributed by atoms with E-state index in [0.717, 1.165) is 43.5 Å². The molecule has 1 aromatic heterocycles. The van der Waals surface area contributed by atoms with Gasteiger partial charge in [0, 0.05) is 44.2 Å². The largest absolute Gasteiger partial charge is 0.383 e. The number of ether oxygens (including phenoxy) is 1. The minimum Gasteiger partial charge on any atom is -0.383 e. The molecule has 0 fully saturated rings. The highest BCUT2D eigenvalue weighted by Gasteiger charge is 2.04. The Bertz CT molecular complexity index is 515.